The van der Waals surface area contributed by atoms with Gasteiger partial charge in [-0.05, 0) is 95.9 Å². The molecule has 1 saturated carbocycles. The molecule has 1 fully saturated rings. The highest BCUT2D eigenvalue weighted by Gasteiger charge is 2.42. The Kier molecular flexibility index (Phi) is 23.2. The molecule has 0 aromatic rings. The number of hydrogen-bond donors (Lipinski definition) is 2. The van der Waals surface area contributed by atoms with E-state index >= 15 is 0 Å². The summed E-state index contributed by atoms with van der Waals surface area (Å²) in [6, 6.07) is 0.396. The van der Waals surface area contributed by atoms with Crippen LogP contribution >= 0.6 is 11.6 Å². The van der Waals surface area contributed by atoms with Gasteiger partial charge in [-0.2, -0.15) is 0 Å². The number of nitrogens with one attached hydrogen (secondary N) is 1. The molecule has 3 nitrogen and oxygen atoms in total. The van der Waals surface area contributed by atoms with Gasteiger partial charge in [-0.3, -0.25) is 4.99 Å². The summed E-state index contributed by atoms with van der Waals surface area (Å²) in [6.07, 6.45) is 24.6. The topological polar surface area (TPSA) is 50.4 Å². The van der Waals surface area contributed by atoms with Crippen LogP contribution in [0.25, 0.3) is 0 Å². The maximum Gasteiger partial charge on any atom is 0.0700 e. The lowest BCUT2D eigenvalue weighted by Gasteiger charge is -2.33. The molecule has 36 heavy (non-hydrogen) atoms. The number of unbranched alkanes of at least 4 members (excludes halogenated alkanes) is 1. The third kappa shape index (κ3) is 17.1. The molecule has 1 aliphatic rings. The Balaban J connectivity index is 0. The zero-order valence-electron chi connectivity index (χ0n) is 24.7. The third-order valence-electron chi connectivity index (χ3n) is 6.30. The van der Waals surface area contributed by atoms with Gasteiger partial charge in [0.1, 0.15) is 0 Å². The van der Waals surface area contributed by atoms with Crippen LogP contribution in [0.2, 0.25) is 0 Å². The third-order valence-corrected chi connectivity index (χ3v) is 6.67. The quantitative estimate of drug-likeness (QED) is 0.0869. The van der Waals surface area contributed by atoms with E-state index in [1.165, 1.54) is 25.7 Å². The first-order chi connectivity index (χ1) is 17.3. The summed E-state index contributed by atoms with van der Waals surface area (Å²) in [4.78, 5) is 4.77. The number of nitrogens with two attached hydrogens (primary N) is 1. The fraction of sp³-hybridized carbons (Fsp3) is 0.656. The number of halogens is 1. The average molecular weight is 520 g/mol. The predicted octanol–water partition coefficient (Wildman–Crippen LogP) is 9.31. The molecule has 208 valence electrons. The van der Waals surface area contributed by atoms with Crippen molar-refractivity contribution >= 4 is 17.8 Å². The molecule has 0 aromatic carbocycles. The van der Waals surface area contributed by atoms with Crippen LogP contribution in [-0.2, 0) is 0 Å². The molecule has 0 spiro atoms. The maximum absolute atomic E-state index is 6.27. The van der Waals surface area contributed by atoms with Crippen LogP contribution in [0.1, 0.15) is 106 Å². The lowest BCUT2D eigenvalue weighted by Crippen LogP contribution is -2.47. The smallest absolute Gasteiger partial charge is 0.0700 e. The fourth-order valence-corrected chi connectivity index (χ4v) is 4.16. The molecule has 0 aromatic heterocycles. The molecular formula is C32H58ClN3. The monoisotopic (exact) mass is 519 g/mol. The summed E-state index contributed by atoms with van der Waals surface area (Å²) in [6.45, 7) is 24.0. The molecule has 1 rings (SSSR count). The second kappa shape index (κ2) is 22.8. The molecule has 1 atom stereocenters. The summed E-state index contributed by atoms with van der Waals surface area (Å²) < 4.78 is 0. The Morgan fingerprint density at radius 2 is 1.78 bits per heavy atom. The maximum atomic E-state index is 6.27. The van der Waals surface area contributed by atoms with E-state index in [9.17, 15) is 0 Å². The van der Waals surface area contributed by atoms with E-state index in [1.54, 1.807) is 12.2 Å². The van der Waals surface area contributed by atoms with Crippen molar-refractivity contribution < 1.29 is 0 Å². The van der Waals surface area contributed by atoms with E-state index in [-0.39, 0.29) is 5.54 Å². The van der Waals surface area contributed by atoms with Gasteiger partial charge in [0.25, 0.3) is 0 Å². The van der Waals surface area contributed by atoms with E-state index in [0.717, 1.165) is 50.8 Å². The van der Waals surface area contributed by atoms with Crippen LogP contribution < -0.4 is 11.1 Å². The summed E-state index contributed by atoms with van der Waals surface area (Å²) >= 11 is 6.27. The number of hydrogen-bond acceptors (Lipinski definition) is 3. The molecule has 0 saturated heterocycles. The van der Waals surface area contributed by atoms with Crippen molar-refractivity contribution in [2.45, 2.75) is 118 Å². The second-order valence-corrected chi connectivity index (χ2v) is 10.1. The number of aliphatic imine (C=N–C) groups is 1. The molecule has 0 amide bonds. The van der Waals surface area contributed by atoms with Crippen LogP contribution in [0.15, 0.2) is 65.2 Å². The van der Waals surface area contributed by atoms with Crippen molar-refractivity contribution in [3.63, 3.8) is 0 Å². The van der Waals surface area contributed by atoms with Crippen molar-refractivity contribution in [1.82, 2.24) is 5.32 Å². The first-order valence-corrected chi connectivity index (χ1v) is 14.5. The van der Waals surface area contributed by atoms with Gasteiger partial charge in [-0.1, -0.05) is 88.8 Å². The number of nitrogens with zero attached hydrogens (tertiary/aromatic N) is 1. The lowest BCUT2D eigenvalue weighted by molar-refractivity contribution is 0.290. The molecule has 4 heteroatoms. The zero-order chi connectivity index (χ0) is 27.9. The normalized spacial score (nSPS) is 16.1. The van der Waals surface area contributed by atoms with E-state index < -0.39 is 0 Å². The minimum absolute atomic E-state index is 0.0815. The molecule has 1 unspecified atom stereocenters. The molecule has 0 radical (unpaired) electrons. The van der Waals surface area contributed by atoms with Gasteiger partial charge < -0.3 is 11.1 Å². The van der Waals surface area contributed by atoms with Crippen LogP contribution in [0.5, 0.6) is 0 Å². The van der Waals surface area contributed by atoms with Gasteiger partial charge >= 0.3 is 0 Å². The first-order valence-electron chi connectivity index (χ1n) is 14.1. The number of rotatable bonds is 17. The van der Waals surface area contributed by atoms with Gasteiger partial charge in [0.2, 0.25) is 0 Å². The van der Waals surface area contributed by atoms with E-state index in [0.29, 0.717) is 16.5 Å². The van der Waals surface area contributed by atoms with Crippen molar-refractivity contribution in [3.05, 3.63) is 60.2 Å². The van der Waals surface area contributed by atoms with Crippen LogP contribution in [-0.4, -0.2) is 30.9 Å². The van der Waals surface area contributed by atoms with Gasteiger partial charge in [0.15, 0.2) is 0 Å². The van der Waals surface area contributed by atoms with Crippen LogP contribution in [0.3, 0.4) is 0 Å². The second-order valence-electron chi connectivity index (χ2n) is 9.74. The molecule has 0 bridgehead atoms. The van der Waals surface area contributed by atoms with Crippen molar-refractivity contribution in [2.24, 2.45) is 16.1 Å². The fourth-order valence-electron chi connectivity index (χ4n) is 4.04. The minimum Gasteiger partial charge on any atom is -0.330 e. The molecule has 1 aliphatic carbocycles. The van der Waals surface area contributed by atoms with E-state index in [2.05, 4.69) is 70.5 Å². The SMILES string of the molecule is C=C/C(Cl)=C(C=CCC)\C=C/CCCC(NCC1(CCC)CC1)C(C)(C)N=CC.C=CCCN.CC. The largest absolute Gasteiger partial charge is 0.330 e. The Morgan fingerprint density at radius 3 is 2.22 bits per heavy atom. The van der Waals surface area contributed by atoms with Gasteiger partial charge in [0, 0.05) is 17.6 Å². The Morgan fingerprint density at radius 1 is 1.14 bits per heavy atom. The highest BCUT2D eigenvalue weighted by Crippen LogP contribution is 2.49. The van der Waals surface area contributed by atoms with Crippen molar-refractivity contribution in [2.75, 3.05) is 13.1 Å². The van der Waals surface area contributed by atoms with Gasteiger partial charge in [-0.25, -0.2) is 0 Å². The highest BCUT2D eigenvalue weighted by molar-refractivity contribution is 6.31. The molecule has 3 N–H and O–H groups in total. The Labute approximate surface area is 230 Å². The van der Waals surface area contributed by atoms with E-state index in [1.807, 2.05) is 27.0 Å². The van der Waals surface area contributed by atoms with Crippen LogP contribution in [0.4, 0.5) is 0 Å². The van der Waals surface area contributed by atoms with E-state index in [4.69, 9.17) is 22.3 Å². The lowest BCUT2D eigenvalue weighted by atomic mass is 9.89. The van der Waals surface area contributed by atoms with Crippen molar-refractivity contribution in [3.8, 4) is 0 Å². The first kappa shape index (κ1) is 36.7. The summed E-state index contributed by atoms with van der Waals surface area (Å²) in [5.41, 5.74) is 6.58. The summed E-state index contributed by atoms with van der Waals surface area (Å²) in [5, 5.41) is 4.60. The van der Waals surface area contributed by atoms with Gasteiger partial charge in [0.05, 0.1) is 5.54 Å². The zero-order valence-corrected chi connectivity index (χ0v) is 25.5. The van der Waals surface area contributed by atoms with Crippen LogP contribution in [0, 0.1) is 5.41 Å². The predicted molar refractivity (Wildman–Crippen MR) is 167 cm³/mol. The molecule has 0 heterocycles. The minimum atomic E-state index is -0.0815. The molecule has 0 aliphatic heterocycles. The Bertz CT molecular complexity index is 682. The molecular weight excluding hydrogens is 462 g/mol. The summed E-state index contributed by atoms with van der Waals surface area (Å²) in [5.74, 6) is 0. The van der Waals surface area contributed by atoms with Crippen molar-refractivity contribution in [1.29, 1.82) is 0 Å². The average Bonchev–Trinajstić information content (AvgIpc) is 3.63. The summed E-state index contributed by atoms with van der Waals surface area (Å²) in [7, 11) is 0. The standard InChI is InChI=1S/C26H43ClN2.C4H9N.C2H6/c1-7-11-15-22(23(27)9-3)16-13-12-14-17-24(25(5,6)29-10-4)28-21-26(18-8-2)19-20-26;1-2-3-4-5;1-2/h9-11,13,15-16,24,28H,3,7-8,12,14,17-21H2,1-2,4-6H3;2H,1,3-5H2;1-2H3/b15-11?,16-13-,23-22+,29-10?;;. The highest BCUT2D eigenvalue weighted by atomic mass is 35.5. The van der Waals surface area contributed by atoms with Gasteiger partial charge in [-0.15, -0.1) is 6.58 Å². The number of allylic oxidation sites excluding steroid dienone is 7. The Hall–Kier alpha value is -1.42.